The molecule has 0 saturated heterocycles. The minimum absolute atomic E-state index is 2.87. The van der Waals surface area contributed by atoms with Gasteiger partial charge < -0.3 is 0 Å². The molecule has 0 aromatic rings. The van der Waals surface area contributed by atoms with Crippen LogP contribution in [-0.2, 0) is 18.0 Å². The van der Waals surface area contributed by atoms with Crippen molar-refractivity contribution in [2.75, 3.05) is 0 Å². The average Bonchev–Trinajstić information content (AvgIpc) is 1.56. The molecule has 4 N–H and O–H groups in total. The van der Waals surface area contributed by atoms with E-state index in [2.05, 4.69) is 4.31 Å². The van der Waals surface area contributed by atoms with E-state index in [0.717, 1.165) is 0 Å². The van der Waals surface area contributed by atoms with Gasteiger partial charge in [-0.05, 0) is 0 Å². The van der Waals surface area contributed by atoms with Crippen LogP contribution in [0.5, 0.6) is 0 Å². The second-order valence-electron chi connectivity index (χ2n) is 0.810. The van der Waals surface area contributed by atoms with Gasteiger partial charge >= 0.3 is 24.8 Å². The summed E-state index contributed by atoms with van der Waals surface area (Å²) < 4.78 is 30.9. The van der Waals surface area contributed by atoms with E-state index in [9.17, 15) is 9.13 Å². The van der Waals surface area contributed by atoms with Crippen LogP contribution in [0.25, 0.3) is 0 Å². The highest BCUT2D eigenvalue weighted by Gasteiger charge is 2.31. The lowest BCUT2D eigenvalue weighted by Crippen LogP contribution is -1.58. The summed E-state index contributed by atoms with van der Waals surface area (Å²) in [5.74, 6) is 0. The van der Waals surface area contributed by atoms with Crippen molar-refractivity contribution < 1.29 is 37.6 Å². The summed E-state index contributed by atoms with van der Waals surface area (Å²) in [6.45, 7) is 0. The van der Waals surface area contributed by atoms with Gasteiger partial charge in [0.05, 0.1) is 0 Å². The number of rotatable bonds is 2. The Labute approximate surface area is 63.3 Å². The third-order valence-electron chi connectivity index (χ3n) is 0.140. The molecular formula is H4O8P3+3. The fourth-order valence-electron chi connectivity index (χ4n) is 0.0598. The Morgan fingerprint density at radius 3 is 1.00 bits per heavy atom. The summed E-state index contributed by atoms with van der Waals surface area (Å²) in [4.78, 5) is 29.6. The molecule has 0 radical (unpaired) electrons. The fourth-order valence-corrected chi connectivity index (χ4v) is 0.538. The van der Waals surface area contributed by atoms with Gasteiger partial charge in [-0.3, -0.25) is 0 Å². The van der Waals surface area contributed by atoms with Crippen molar-refractivity contribution >= 4 is 24.8 Å². The van der Waals surface area contributed by atoms with Crippen molar-refractivity contribution in [2.24, 2.45) is 0 Å². The average molecular weight is 225 g/mol. The Kier molecular flexibility index (Phi) is 10.2. The molecule has 11 heteroatoms. The molecule has 0 aliphatic heterocycles. The summed E-state index contributed by atoms with van der Waals surface area (Å²) in [5.41, 5.74) is 0. The molecule has 0 heterocycles. The summed E-state index contributed by atoms with van der Waals surface area (Å²) in [5, 5.41) is 0. The van der Waals surface area contributed by atoms with Crippen LogP contribution in [0.2, 0.25) is 0 Å². The molecule has 0 bridgehead atoms. The van der Waals surface area contributed by atoms with Gasteiger partial charge in [0.1, 0.15) is 0 Å². The third kappa shape index (κ3) is 39.4. The molecule has 0 saturated carbocycles. The Hall–Kier alpha value is 0.1000. The standard InChI is InChI=1S/O5P2.HO3P/c1-6(2)5-7(3)4;1-4(2)3/h;(H-,1,2,3)/p+3. The Morgan fingerprint density at radius 2 is 1.00 bits per heavy atom. The summed E-state index contributed by atoms with van der Waals surface area (Å²) in [6, 6.07) is 0. The molecular weight excluding hydrogens is 221 g/mol. The first-order chi connectivity index (χ1) is 4.86. The second-order valence-corrected chi connectivity index (χ2v) is 2.92. The first kappa shape index (κ1) is 13.7. The third-order valence-corrected chi connectivity index (χ3v) is 1.26. The van der Waals surface area contributed by atoms with Crippen LogP contribution in [0.4, 0.5) is 0 Å². The normalized spacial score (nSPS) is 10.9. The summed E-state index contributed by atoms with van der Waals surface area (Å²) in [7, 11) is -8.72. The van der Waals surface area contributed by atoms with Gasteiger partial charge in [-0.1, -0.05) is 0 Å². The van der Waals surface area contributed by atoms with Crippen molar-refractivity contribution in [3.05, 3.63) is 0 Å². The van der Waals surface area contributed by atoms with Crippen LogP contribution in [0, 0.1) is 0 Å². The molecule has 8 nitrogen and oxygen atoms in total. The van der Waals surface area contributed by atoms with E-state index in [0.29, 0.717) is 0 Å². The molecule has 0 spiro atoms. The van der Waals surface area contributed by atoms with Crippen molar-refractivity contribution in [3.8, 4) is 0 Å². The van der Waals surface area contributed by atoms with Crippen LogP contribution in [0.15, 0.2) is 0 Å². The minimum atomic E-state index is -2.92. The zero-order chi connectivity index (χ0) is 9.44. The Balaban J connectivity index is 0. The molecule has 64 valence electrons. The topological polar surface area (TPSA) is 141 Å². The molecule has 0 aliphatic carbocycles. The van der Waals surface area contributed by atoms with Gasteiger partial charge in [-0.15, -0.1) is 19.6 Å². The monoisotopic (exact) mass is 225 g/mol. The predicted molar refractivity (Wildman–Crippen MR) is 32.8 cm³/mol. The van der Waals surface area contributed by atoms with E-state index >= 15 is 0 Å². The van der Waals surface area contributed by atoms with Crippen LogP contribution in [0.3, 0.4) is 0 Å². The molecule has 0 aliphatic rings. The van der Waals surface area contributed by atoms with Gasteiger partial charge in [-0.25, -0.2) is 0 Å². The van der Waals surface area contributed by atoms with Crippen LogP contribution >= 0.6 is 24.8 Å². The van der Waals surface area contributed by atoms with Crippen LogP contribution in [0.1, 0.15) is 0 Å². The lowest BCUT2D eigenvalue weighted by atomic mass is 15.8. The van der Waals surface area contributed by atoms with Crippen molar-refractivity contribution in [2.45, 2.75) is 0 Å². The molecule has 2 atom stereocenters. The van der Waals surface area contributed by atoms with Crippen LogP contribution < -0.4 is 0 Å². The van der Waals surface area contributed by atoms with Crippen molar-refractivity contribution in [1.29, 1.82) is 0 Å². The van der Waals surface area contributed by atoms with E-state index in [1.165, 1.54) is 0 Å². The number of hydrogen-bond donors (Lipinski definition) is 4. The molecule has 11 heavy (non-hydrogen) atoms. The quantitative estimate of drug-likeness (QED) is 0.478. The molecule has 0 fully saturated rings. The Morgan fingerprint density at radius 1 is 0.818 bits per heavy atom. The van der Waals surface area contributed by atoms with E-state index < -0.39 is 24.8 Å². The van der Waals surface area contributed by atoms with E-state index in [1.54, 1.807) is 0 Å². The first-order valence-electron chi connectivity index (χ1n) is 1.71. The molecule has 0 amide bonds. The van der Waals surface area contributed by atoms with Gasteiger partial charge in [0.2, 0.25) is 0 Å². The fraction of sp³-hybridized carbons (Fsp3) is 0. The molecule has 0 rings (SSSR count). The minimum Gasteiger partial charge on any atom is -0.134 e. The largest absolute Gasteiger partial charge is 0.745 e. The zero-order valence-electron chi connectivity index (χ0n) is 4.76. The van der Waals surface area contributed by atoms with Crippen molar-refractivity contribution in [1.82, 2.24) is 0 Å². The smallest absolute Gasteiger partial charge is 0.134 e. The van der Waals surface area contributed by atoms with Gasteiger partial charge in [-0.2, -0.15) is 0 Å². The lowest BCUT2D eigenvalue weighted by Gasteiger charge is -1.50. The summed E-state index contributed by atoms with van der Waals surface area (Å²) >= 11 is 0. The zero-order valence-corrected chi connectivity index (χ0v) is 7.45. The highest BCUT2D eigenvalue weighted by molar-refractivity contribution is 7.46. The van der Waals surface area contributed by atoms with Gasteiger partial charge in [0.15, 0.2) is 4.31 Å². The first-order valence-corrected chi connectivity index (χ1v) is 5.14. The summed E-state index contributed by atoms with van der Waals surface area (Å²) in [6.07, 6.45) is 0. The van der Waals surface area contributed by atoms with Gasteiger partial charge in [0, 0.05) is 13.7 Å². The highest BCUT2D eigenvalue weighted by Crippen LogP contribution is 2.30. The maximum Gasteiger partial charge on any atom is 0.745 e. The van der Waals surface area contributed by atoms with E-state index in [4.69, 9.17) is 24.1 Å². The molecule has 0 aromatic heterocycles. The van der Waals surface area contributed by atoms with E-state index in [-0.39, 0.29) is 0 Å². The second kappa shape index (κ2) is 8.20. The van der Waals surface area contributed by atoms with Crippen LogP contribution in [-0.4, -0.2) is 19.6 Å². The van der Waals surface area contributed by atoms with Gasteiger partial charge in [0.25, 0.3) is 0 Å². The SMILES string of the molecule is O=[P+](O)O.O=[P+](O)O[P+](=O)O. The van der Waals surface area contributed by atoms with E-state index in [1.807, 2.05) is 0 Å². The molecule has 0 aromatic carbocycles. The maximum atomic E-state index is 9.39. The van der Waals surface area contributed by atoms with Crippen molar-refractivity contribution in [3.63, 3.8) is 0 Å². The lowest BCUT2D eigenvalue weighted by molar-refractivity contribution is 0.371. The highest BCUT2D eigenvalue weighted by atomic mass is 31.2. The maximum absolute atomic E-state index is 9.39. The molecule has 2 unspecified atom stereocenters. The predicted octanol–water partition coefficient (Wildman–Crippen LogP) is -0.0692. The Bertz CT molecular complexity index is 143. The number of hydrogen-bond acceptors (Lipinski definition) is 4.